The quantitative estimate of drug-likeness (QED) is 0.604. The molecule has 0 saturated heterocycles. The van der Waals surface area contributed by atoms with Crippen LogP contribution in [0.15, 0.2) is 52.2 Å². The van der Waals surface area contributed by atoms with Crippen molar-refractivity contribution in [1.29, 1.82) is 0 Å². The maximum atomic E-state index is 12.4. The topological polar surface area (TPSA) is 95.1 Å². The van der Waals surface area contributed by atoms with Gasteiger partial charge in [0.1, 0.15) is 18.1 Å². The minimum absolute atomic E-state index is 0.103. The van der Waals surface area contributed by atoms with Gasteiger partial charge in [-0.2, -0.15) is 0 Å². The average molecular weight is 373 g/mol. The molecule has 0 aliphatic heterocycles. The molecule has 0 fully saturated rings. The minimum Gasteiger partial charge on any atom is -0.496 e. The first kappa shape index (κ1) is 18.0. The first-order chi connectivity index (χ1) is 12.7. The van der Waals surface area contributed by atoms with E-state index in [9.17, 15) is 4.79 Å². The highest BCUT2D eigenvalue weighted by Crippen LogP contribution is 2.22. The molecule has 136 valence electrons. The molecule has 0 saturated carbocycles. The van der Waals surface area contributed by atoms with Crippen molar-refractivity contribution in [3.63, 3.8) is 0 Å². The number of nitrogens with one attached hydrogen (secondary N) is 1. The molecule has 1 unspecified atom stereocenters. The zero-order valence-electron chi connectivity index (χ0n) is 14.5. The third kappa shape index (κ3) is 4.42. The van der Waals surface area contributed by atoms with Gasteiger partial charge in [0.05, 0.1) is 18.6 Å². The van der Waals surface area contributed by atoms with E-state index < -0.39 is 0 Å². The van der Waals surface area contributed by atoms with E-state index in [4.69, 9.17) is 9.15 Å². The number of carbonyl (C=O) groups is 1. The minimum atomic E-state index is -0.356. The second-order valence-electron chi connectivity index (χ2n) is 5.49. The van der Waals surface area contributed by atoms with Gasteiger partial charge in [0, 0.05) is 12.1 Å². The van der Waals surface area contributed by atoms with E-state index in [-0.39, 0.29) is 11.2 Å². The van der Waals surface area contributed by atoms with Gasteiger partial charge in [-0.1, -0.05) is 30.0 Å². The Morgan fingerprint density at radius 2 is 2.19 bits per heavy atom. The van der Waals surface area contributed by atoms with Crippen LogP contribution < -0.4 is 10.1 Å². The van der Waals surface area contributed by atoms with Gasteiger partial charge in [0.25, 0.3) is 0 Å². The van der Waals surface area contributed by atoms with Gasteiger partial charge >= 0.3 is 0 Å². The number of furan rings is 1. The highest BCUT2D eigenvalue weighted by Gasteiger charge is 2.19. The number of aromatic nitrogens is 4. The molecule has 9 heteroatoms. The van der Waals surface area contributed by atoms with Crippen LogP contribution in [0.3, 0.4) is 0 Å². The number of hydrogen-bond acceptors (Lipinski definition) is 7. The summed E-state index contributed by atoms with van der Waals surface area (Å²) in [5.41, 5.74) is 0.920. The van der Waals surface area contributed by atoms with Crippen molar-refractivity contribution < 1.29 is 13.9 Å². The Morgan fingerprint density at radius 1 is 1.35 bits per heavy atom. The predicted octanol–water partition coefficient (Wildman–Crippen LogP) is 2.12. The fourth-order valence-electron chi connectivity index (χ4n) is 2.32. The normalized spacial score (nSPS) is 11.9. The van der Waals surface area contributed by atoms with Crippen molar-refractivity contribution in [3.05, 3.63) is 54.0 Å². The van der Waals surface area contributed by atoms with Crippen molar-refractivity contribution in [2.24, 2.45) is 0 Å². The zero-order chi connectivity index (χ0) is 18.4. The van der Waals surface area contributed by atoms with E-state index in [2.05, 4.69) is 20.8 Å². The highest BCUT2D eigenvalue weighted by atomic mass is 32.2. The van der Waals surface area contributed by atoms with E-state index in [1.807, 2.05) is 37.3 Å². The Morgan fingerprint density at radius 3 is 2.96 bits per heavy atom. The van der Waals surface area contributed by atoms with Crippen LogP contribution in [0.25, 0.3) is 0 Å². The van der Waals surface area contributed by atoms with Gasteiger partial charge in [-0.05, 0) is 35.5 Å². The van der Waals surface area contributed by atoms with Gasteiger partial charge in [-0.15, -0.1) is 5.10 Å². The lowest BCUT2D eigenvalue weighted by Crippen LogP contribution is -2.30. The molecule has 3 aromatic rings. The van der Waals surface area contributed by atoms with Crippen LogP contribution in [-0.2, 0) is 17.9 Å². The molecule has 1 atom stereocenters. The van der Waals surface area contributed by atoms with Crippen LogP contribution in [0.2, 0.25) is 0 Å². The Hall–Kier alpha value is -2.81. The summed E-state index contributed by atoms with van der Waals surface area (Å²) < 4.78 is 12.2. The fraction of sp³-hybridized carbons (Fsp3) is 0.294. The molecule has 8 nitrogen and oxygen atoms in total. The molecule has 3 rings (SSSR count). The van der Waals surface area contributed by atoms with Crippen LogP contribution in [-0.4, -0.2) is 38.5 Å². The van der Waals surface area contributed by atoms with Crippen molar-refractivity contribution in [2.45, 2.75) is 30.4 Å². The lowest BCUT2D eigenvalue weighted by atomic mass is 10.2. The fourth-order valence-corrected chi connectivity index (χ4v) is 3.13. The molecule has 1 amide bonds. The molecular weight excluding hydrogens is 354 g/mol. The molecule has 0 aliphatic rings. The number of amides is 1. The summed E-state index contributed by atoms with van der Waals surface area (Å²) in [7, 11) is 1.61. The second kappa shape index (κ2) is 8.52. The van der Waals surface area contributed by atoms with E-state index >= 15 is 0 Å². The first-order valence-corrected chi connectivity index (χ1v) is 8.90. The van der Waals surface area contributed by atoms with Crippen LogP contribution in [0.5, 0.6) is 5.75 Å². The Kier molecular flexibility index (Phi) is 5.90. The van der Waals surface area contributed by atoms with Gasteiger partial charge < -0.3 is 14.5 Å². The third-order valence-corrected chi connectivity index (χ3v) is 4.75. The van der Waals surface area contributed by atoms with Crippen molar-refractivity contribution in [2.75, 3.05) is 7.11 Å². The molecule has 0 aliphatic carbocycles. The third-order valence-electron chi connectivity index (χ3n) is 3.68. The standard InChI is InChI=1S/C17H19N5O3S/c1-12(16(23)18-10-13-6-3-4-8-15(13)24-2)26-17-19-20-21-22(17)11-14-7-5-9-25-14/h3-9,12H,10-11H2,1-2H3,(H,18,23). The largest absolute Gasteiger partial charge is 0.496 e. The molecular formula is C17H19N5O3S. The lowest BCUT2D eigenvalue weighted by Gasteiger charge is -2.13. The predicted molar refractivity (Wildman–Crippen MR) is 95.8 cm³/mol. The van der Waals surface area contributed by atoms with E-state index in [1.54, 1.807) is 24.1 Å². The zero-order valence-corrected chi connectivity index (χ0v) is 15.3. The van der Waals surface area contributed by atoms with Gasteiger partial charge in [-0.3, -0.25) is 4.79 Å². The Labute approximate surface area is 154 Å². The first-order valence-electron chi connectivity index (χ1n) is 8.02. The Bertz CT molecular complexity index is 850. The number of benzene rings is 1. The SMILES string of the molecule is COc1ccccc1CNC(=O)C(C)Sc1nnnn1Cc1ccco1. The van der Waals surface area contributed by atoms with Crippen LogP contribution in [0, 0.1) is 0 Å². The summed E-state index contributed by atoms with van der Waals surface area (Å²) in [5.74, 6) is 1.39. The number of hydrogen-bond donors (Lipinski definition) is 1. The Balaban J connectivity index is 1.57. The summed E-state index contributed by atoms with van der Waals surface area (Å²) in [6.07, 6.45) is 1.60. The van der Waals surface area contributed by atoms with Crippen LogP contribution in [0.1, 0.15) is 18.2 Å². The molecule has 2 aromatic heterocycles. The number of rotatable bonds is 8. The van der Waals surface area contributed by atoms with E-state index in [0.29, 0.717) is 18.2 Å². The smallest absolute Gasteiger partial charge is 0.233 e. The number of carbonyl (C=O) groups excluding carboxylic acids is 1. The summed E-state index contributed by atoms with van der Waals surface area (Å²) in [5, 5.41) is 14.7. The average Bonchev–Trinajstić information content (AvgIpc) is 3.32. The van der Waals surface area contributed by atoms with Crippen molar-refractivity contribution in [1.82, 2.24) is 25.5 Å². The number of methoxy groups -OCH3 is 1. The maximum Gasteiger partial charge on any atom is 0.233 e. The summed E-state index contributed by atoms with van der Waals surface area (Å²) in [6, 6.07) is 11.2. The number of para-hydroxylation sites is 1. The van der Waals surface area contributed by atoms with Crippen LogP contribution in [0.4, 0.5) is 0 Å². The van der Waals surface area contributed by atoms with Gasteiger partial charge in [0.2, 0.25) is 11.1 Å². The maximum absolute atomic E-state index is 12.4. The molecule has 1 aromatic carbocycles. The molecule has 0 bridgehead atoms. The second-order valence-corrected chi connectivity index (χ2v) is 6.80. The van der Waals surface area contributed by atoms with E-state index in [0.717, 1.165) is 17.1 Å². The molecule has 1 N–H and O–H groups in total. The summed E-state index contributed by atoms with van der Waals surface area (Å²) in [4.78, 5) is 12.4. The summed E-state index contributed by atoms with van der Waals surface area (Å²) >= 11 is 1.29. The number of tetrazole rings is 1. The van der Waals surface area contributed by atoms with Gasteiger partial charge in [-0.25, -0.2) is 4.68 Å². The number of ether oxygens (including phenoxy) is 1. The lowest BCUT2D eigenvalue weighted by molar-refractivity contribution is -0.120. The number of thioether (sulfide) groups is 1. The monoisotopic (exact) mass is 373 g/mol. The van der Waals surface area contributed by atoms with Gasteiger partial charge in [0.15, 0.2) is 0 Å². The number of nitrogens with zero attached hydrogens (tertiary/aromatic N) is 4. The molecule has 0 spiro atoms. The summed E-state index contributed by atoms with van der Waals surface area (Å²) in [6.45, 7) is 2.62. The van der Waals surface area contributed by atoms with Crippen molar-refractivity contribution >= 4 is 17.7 Å². The molecule has 26 heavy (non-hydrogen) atoms. The van der Waals surface area contributed by atoms with Crippen molar-refractivity contribution in [3.8, 4) is 5.75 Å². The van der Waals surface area contributed by atoms with E-state index in [1.165, 1.54) is 11.8 Å². The van der Waals surface area contributed by atoms with Crippen LogP contribution >= 0.6 is 11.8 Å². The molecule has 2 heterocycles. The molecule has 0 radical (unpaired) electrons. The highest BCUT2D eigenvalue weighted by molar-refractivity contribution is 8.00.